The summed E-state index contributed by atoms with van der Waals surface area (Å²) < 4.78 is 0. The van der Waals surface area contributed by atoms with E-state index in [2.05, 4.69) is 5.32 Å². The van der Waals surface area contributed by atoms with Crippen molar-refractivity contribution in [2.75, 3.05) is 13.2 Å². The van der Waals surface area contributed by atoms with Gasteiger partial charge < -0.3 is 15.5 Å². The molecular formula is C11H16N2O4. The van der Waals surface area contributed by atoms with E-state index in [1.54, 1.807) is 0 Å². The van der Waals surface area contributed by atoms with Crippen molar-refractivity contribution in [3.63, 3.8) is 0 Å². The fraction of sp³-hybridized carbons (Fsp3) is 0.455. The monoisotopic (exact) mass is 240 g/mol. The van der Waals surface area contributed by atoms with Crippen LogP contribution in [0.15, 0.2) is 24.3 Å². The predicted molar refractivity (Wildman–Crippen MR) is 62.6 cm³/mol. The van der Waals surface area contributed by atoms with Crippen LogP contribution in [0.1, 0.15) is 18.6 Å². The molecule has 0 aliphatic carbocycles. The lowest BCUT2D eigenvalue weighted by Gasteiger charge is -2.21. The van der Waals surface area contributed by atoms with Gasteiger partial charge in [-0.05, 0) is 24.2 Å². The number of hydrogen-bond acceptors (Lipinski definition) is 5. The summed E-state index contributed by atoms with van der Waals surface area (Å²) in [5, 5.41) is 32.4. The highest BCUT2D eigenvalue weighted by Gasteiger charge is 2.19. The SMILES string of the molecule is CCN[C@H](CO)[C@H](O)c1ccc([N+](=O)[O-])cc1. The lowest BCUT2D eigenvalue weighted by molar-refractivity contribution is -0.384. The molecule has 2 atom stereocenters. The zero-order chi connectivity index (χ0) is 12.8. The van der Waals surface area contributed by atoms with Crippen molar-refractivity contribution in [1.29, 1.82) is 0 Å². The number of aliphatic hydroxyl groups is 2. The third kappa shape index (κ3) is 3.48. The molecule has 0 heterocycles. The van der Waals surface area contributed by atoms with Crippen molar-refractivity contribution in [2.24, 2.45) is 0 Å². The van der Waals surface area contributed by atoms with E-state index in [4.69, 9.17) is 5.11 Å². The minimum absolute atomic E-state index is 0.0232. The van der Waals surface area contributed by atoms with Crippen molar-refractivity contribution >= 4 is 5.69 Å². The molecule has 0 aliphatic rings. The Morgan fingerprint density at radius 3 is 2.41 bits per heavy atom. The number of nitrogens with one attached hydrogen (secondary N) is 1. The summed E-state index contributed by atoms with van der Waals surface area (Å²) in [6, 6.07) is 5.17. The van der Waals surface area contributed by atoms with E-state index >= 15 is 0 Å². The predicted octanol–water partition coefficient (Wildman–Crippen LogP) is 0.599. The number of nitrogens with zero attached hydrogens (tertiary/aromatic N) is 1. The van der Waals surface area contributed by atoms with Crippen LogP contribution in [0, 0.1) is 10.1 Å². The fourth-order valence-electron chi connectivity index (χ4n) is 1.56. The molecule has 0 aromatic heterocycles. The first-order chi connectivity index (χ1) is 8.10. The molecule has 1 aromatic carbocycles. The summed E-state index contributed by atoms with van der Waals surface area (Å²) in [5.41, 5.74) is 0.514. The quantitative estimate of drug-likeness (QED) is 0.500. The topological polar surface area (TPSA) is 95.6 Å². The van der Waals surface area contributed by atoms with Crippen LogP contribution < -0.4 is 5.32 Å². The maximum absolute atomic E-state index is 10.5. The van der Waals surface area contributed by atoms with E-state index in [-0.39, 0.29) is 12.3 Å². The van der Waals surface area contributed by atoms with Crippen molar-refractivity contribution in [3.8, 4) is 0 Å². The second kappa shape index (κ2) is 6.29. The highest BCUT2D eigenvalue weighted by molar-refractivity contribution is 5.34. The van der Waals surface area contributed by atoms with Crippen LogP contribution in [-0.2, 0) is 0 Å². The number of rotatable bonds is 6. The van der Waals surface area contributed by atoms with Crippen LogP contribution in [0.25, 0.3) is 0 Å². The fourth-order valence-corrected chi connectivity index (χ4v) is 1.56. The smallest absolute Gasteiger partial charge is 0.269 e. The van der Waals surface area contributed by atoms with Crippen molar-refractivity contribution in [3.05, 3.63) is 39.9 Å². The van der Waals surface area contributed by atoms with Gasteiger partial charge in [-0.1, -0.05) is 6.92 Å². The molecule has 6 heteroatoms. The largest absolute Gasteiger partial charge is 0.395 e. The lowest BCUT2D eigenvalue weighted by atomic mass is 10.0. The van der Waals surface area contributed by atoms with Gasteiger partial charge in [0, 0.05) is 12.1 Å². The minimum atomic E-state index is -0.888. The summed E-state index contributed by atoms with van der Waals surface area (Å²) >= 11 is 0. The normalized spacial score (nSPS) is 14.3. The second-order valence-electron chi connectivity index (χ2n) is 3.64. The third-order valence-electron chi connectivity index (χ3n) is 2.49. The Labute approximate surface area is 99.0 Å². The second-order valence-corrected chi connectivity index (χ2v) is 3.64. The molecule has 94 valence electrons. The van der Waals surface area contributed by atoms with Crippen molar-refractivity contribution in [2.45, 2.75) is 19.1 Å². The van der Waals surface area contributed by atoms with Gasteiger partial charge in [-0.15, -0.1) is 0 Å². The molecule has 0 saturated carbocycles. The number of benzene rings is 1. The maximum Gasteiger partial charge on any atom is 0.269 e. The third-order valence-corrected chi connectivity index (χ3v) is 2.49. The van der Waals surface area contributed by atoms with Gasteiger partial charge in [0.1, 0.15) is 0 Å². The molecule has 3 N–H and O–H groups in total. The molecule has 1 aromatic rings. The van der Waals surface area contributed by atoms with Gasteiger partial charge in [0.15, 0.2) is 0 Å². The highest BCUT2D eigenvalue weighted by Crippen LogP contribution is 2.20. The van der Waals surface area contributed by atoms with Gasteiger partial charge in [0.25, 0.3) is 5.69 Å². The molecule has 0 unspecified atom stereocenters. The van der Waals surface area contributed by atoms with E-state index in [9.17, 15) is 15.2 Å². The number of non-ortho nitro benzene ring substituents is 1. The highest BCUT2D eigenvalue weighted by atomic mass is 16.6. The Balaban J connectivity index is 2.81. The van der Waals surface area contributed by atoms with E-state index in [1.807, 2.05) is 6.92 Å². The molecule has 0 aliphatic heterocycles. The lowest BCUT2D eigenvalue weighted by Crippen LogP contribution is -2.37. The van der Waals surface area contributed by atoms with E-state index < -0.39 is 17.1 Å². The molecule has 0 spiro atoms. The zero-order valence-corrected chi connectivity index (χ0v) is 9.54. The first-order valence-corrected chi connectivity index (χ1v) is 5.36. The summed E-state index contributed by atoms with van der Waals surface area (Å²) in [6.07, 6.45) is -0.888. The van der Waals surface area contributed by atoms with Crippen molar-refractivity contribution < 1.29 is 15.1 Å². The van der Waals surface area contributed by atoms with E-state index in [1.165, 1.54) is 24.3 Å². The number of nitro benzene ring substituents is 1. The maximum atomic E-state index is 10.5. The van der Waals surface area contributed by atoms with E-state index in [0.717, 1.165) is 0 Å². The summed E-state index contributed by atoms with van der Waals surface area (Å²) in [5.74, 6) is 0. The average Bonchev–Trinajstić information content (AvgIpc) is 2.35. The molecule has 0 radical (unpaired) electrons. The van der Waals surface area contributed by atoms with Crippen LogP contribution in [0.4, 0.5) is 5.69 Å². The summed E-state index contributed by atoms with van der Waals surface area (Å²) in [6.45, 7) is 2.28. The van der Waals surface area contributed by atoms with Crippen LogP contribution in [-0.4, -0.2) is 34.3 Å². The van der Waals surface area contributed by atoms with Gasteiger partial charge in [-0.2, -0.15) is 0 Å². The molecule has 17 heavy (non-hydrogen) atoms. The number of hydrogen-bond donors (Lipinski definition) is 3. The molecule has 0 fully saturated rings. The van der Waals surface area contributed by atoms with E-state index in [0.29, 0.717) is 12.1 Å². The molecule has 1 rings (SSSR count). The van der Waals surface area contributed by atoms with Crippen LogP contribution >= 0.6 is 0 Å². The van der Waals surface area contributed by atoms with Crippen LogP contribution in [0.3, 0.4) is 0 Å². The molecule has 0 bridgehead atoms. The molecule has 6 nitrogen and oxygen atoms in total. The van der Waals surface area contributed by atoms with Gasteiger partial charge in [-0.25, -0.2) is 0 Å². The van der Waals surface area contributed by atoms with Crippen LogP contribution in [0.2, 0.25) is 0 Å². The zero-order valence-electron chi connectivity index (χ0n) is 9.54. The number of aliphatic hydroxyl groups excluding tert-OH is 2. The number of likely N-dealkylation sites (N-methyl/N-ethyl adjacent to an activating group) is 1. The molecule has 0 amide bonds. The van der Waals surface area contributed by atoms with Gasteiger partial charge in [0.2, 0.25) is 0 Å². The Hall–Kier alpha value is -1.50. The minimum Gasteiger partial charge on any atom is -0.395 e. The molecular weight excluding hydrogens is 224 g/mol. The molecule has 0 saturated heterocycles. The Morgan fingerprint density at radius 2 is 2.00 bits per heavy atom. The first-order valence-electron chi connectivity index (χ1n) is 5.36. The number of nitro groups is 1. The standard InChI is InChI=1S/C11H16N2O4/c1-2-12-10(7-14)11(15)8-3-5-9(6-4-8)13(16)17/h3-6,10-12,14-15H,2,7H2,1H3/t10-,11-/m1/s1. The summed E-state index contributed by atoms with van der Waals surface area (Å²) in [4.78, 5) is 9.97. The van der Waals surface area contributed by atoms with Gasteiger partial charge >= 0.3 is 0 Å². The Kier molecular flexibility index (Phi) is 5.02. The first kappa shape index (κ1) is 13.6. The Bertz CT molecular complexity index is 366. The van der Waals surface area contributed by atoms with Gasteiger partial charge in [-0.3, -0.25) is 10.1 Å². The average molecular weight is 240 g/mol. The van der Waals surface area contributed by atoms with Gasteiger partial charge in [0.05, 0.1) is 23.7 Å². The Morgan fingerprint density at radius 1 is 1.41 bits per heavy atom. The van der Waals surface area contributed by atoms with Crippen LogP contribution in [0.5, 0.6) is 0 Å². The van der Waals surface area contributed by atoms with Crippen molar-refractivity contribution in [1.82, 2.24) is 5.32 Å². The summed E-state index contributed by atoms with van der Waals surface area (Å²) in [7, 11) is 0.